The van der Waals surface area contributed by atoms with Crippen LogP contribution in [0.15, 0.2) is 30.3 Å². The van der Waals surface area contributed by atoms with E-state index in [2.05, 4.69) is 31.4 Å². The van der Waals surface area contributed by atoms with E-state index >= 15 is 0 Å². The molecule has 14 nitrogen and oxygen atoms in total. The summed E-state index contributed by atoms with van der Waals surface area (Å²) < 4.78 is 24.1. The predicted molar refractivity (Wildman–Crippen MR) is 284 cm³/mol. The third-order valence-corrected chi connectivity index (χ3v) is 17.3. The van der Waals surface area contributed by atoms with E-state index in [0.29, 0.717) is 38.3 Å². The predicted octanol–water partition coefficient (Wildman–Crippen LogP) is 9.45. The molecule has 1 aliphatic heterocycles. The Bertz CT molecular complexity index is 2000. The molecule has 15 unspecified atom stereocenters. The van der Waals surface area contributed by atoms with Crippen molar-refractivity contribution in [3.63, 3.8) is 0 Å². The topological polar surface area (TPSA) is 170 Å². The van der Waals surface area contributed by atoms with Gasteiger partial charge in [-0.2, -0.15) is 0 Å². The minimum absolute atomic E-state index is 0.0119. The fourth-order valence-corrected chi connectivity index (χ4v) is 13.5. The molecule has 4 fully saturated rings. The standard InChI is InChI=1S/C59H96N4O10/c1-16-39(8)44(26-37(6)27-48(64)51(35(2)3)61-55(67)52(36(4)5)62(13)57(69)73-58(10,11)12)49(70-14)30-50(65)63-24-20-23-47(63)53(71-15)40(9)54(66)60-46(28-41-21-18-17-19-22-41)56(68)72-34-59-31-38(7)25-42-29-43(32-59)45(42)33-59/h17-19,21-22,35-40,42-47,49,51-53H,16,20,23-34H2,1-15H3,(H,60,66)(H,61,67). The van der Waals surface area contributed by atoms with Gasteiger partial charge in [-0.25, -0.2) is 9.59 Å². The van der Waals surface area contributed by atoms with Crippen LogP contribution < -0.4 is 10.6 Å². The molecule has 2 N–H and O–H groups in total. The highest BCUT2D eigenvalue weighted by Crippen LogP contribution is 2.64. The molecule has 1 aromatic rings. The lowest BCUT2D eigenvalue weighted by Crippen LogP contribution is -2.56. The summed E-state index contributed by atoms with van der Waals surface area (Å²) in [5.41, 5.74) is 0.198. The van der Waals surface area contributed by atoms with Gasteiger partial charge in [0.05, 0.1) is 43.2 Å². The number of ketones is 1. The van der Waals surface area contributed by atoms with Crippen LogP contribution in [0.25, 0.3) is 0 Å². The molecule has 4 aliphatic rings. The molecule has 0 radical (unpaired) electrons. The number of Topliss-reactive ketones (excluding diaryl/α,β-unsaturated/α-hetero) is 1. The number of likely N-dealkylation sites (N-methyl/N-ethyl adjacent to an activating group) is 1. The first-order chi connectivity index (χ1) is 34.3. The first kappa shape index (κ1) is 59.8. The fourth-order valence-electron chi connectivity index (χ4n) is 13.5. The Morgan fingerprint density at radius 2 is 1.53 bits per heavy atom. The summed E-state index contributed by atoms with van der Waals surface area (Å²) in [6, 6.07) is 6.85. The zero-order valence-corrected chi connectivity index (χ0v) is 47.5. The number of esters is 1. The van der Waals surface area contributed by atoms with E-state index in [1.165, 1.54) is 17.7 Å². The van der Waals surface area contributed by atoms with E-state index < -0.39 is 59.8 Å². The van der Waals surface area contributed by atoms with Crippen LogP contribution in [0.2, 0.25) is 0 Å². The van der Waals surface area contributed by atoms with Gasteiger partial charge >= 0.3 is 12.1 Å². The van der Waals surface area contributed by atoms with Crippen LogP contribution in [-0.4, -0.2) is 122 Å². The quantitative estimate of drug-likeness (QED) is 0.0853. The number of amides is 4. The van der Waals surface area contributed by atoms with E-state index in [1.54, 1.807) is 42.0 Å². The first-order valence-electron chi connectivity index (χ1n) is 28.0. The van der Waals surface area contributed by atoms with Crippen LogP contribution >= 0.6 is 0 Å². The van der Waals surface area contributed by atoms with Gasteiger partial charge in [0.1, 0.15) is 17.7 Å². The second-order valence-corrected chi connectivity index (χ2v) is 25.1. The molecule has 5 rings (SSSR count). The molecule has 15 atom stereocenters. The Morgan fingerprint density at radius 3 is 2.14 bits per heavy atom. The summed E-state index contributed by atoms with van der Waals surface area (Å²) in [5, 5.41) is 6.08. The maximum absolute atomic E-state index is 14.5. The highest BCUT2D eigenvalue weighted by Gasteiger charge is 2.57. The lowest BCUT2D eigenvalue weighted by atomic mass is 9.63. The molecule has 3 saturated carbocycles. The number of ether oxygens (including phenoxy) is 4. The first-order valence-corrected chi connectivity index (χ1v) is 28.0. The molecule has 3 aliphatic carbocycles. The summed E-state index contributed by atoms with van der Waals surface area (Å²) in [6.07, 6.45) is 7.73. The summed E-state index contributed by atoms with van der Waals surface area (Å²) in [5.74, 6) is 0.487. The van der Waals surface area contributed by atoms with Crippen LogP contribution in [0.5, 0.6) is 0 Å². The average molecular weight is 1020 g/mol. The molecule has 1 heterocycles. The molecular formula is C59H96N4O10. The van der Waals surface area contributed by atoms with Gasteiger partial charge in [-0.3, -0.25) is 24.1 Å². The molecule has 412 valence electrons. The van der Waals surface area contributed by atoms with Crippen molar-refractivity contribution in [3.05, 3.63) is 35.9 Å². The number of benzene rings is 1. The molecule has 73 heavy (non-hydrogen) atoms. The van der Waals surface area contributed by atoms with Crippen LogP contribution in [0, 0.1) is 64.6 Å². The van der Waals surface area contributed by atoms with Crippen molar-refractivity contribution >= 4 is 35.6 Å². The normalized spacial score (nSPS) is 26.3. The molecule has 2 bridgehead atoms. The molecule has 14 heteroatoms. The van der Waals surface area contributed by atoms with E-state index in [-0.39, 0.29) is 71.5 Å². The number of carbonyl (C=O) groups excluding carboxylic acids is 6. The number of nitrogens with zero attached hydrogens (tertiary/aromatic N) is 2. The second kappa shape index (κ2) is 26.1. The van der Waals surface area contributed by atoms with E-state index in [9.17, 15) is 28.8 Å². The third kappa shape index (κ3) is 15.5. The largest absolute Gasteiger partial charge is 0.464 e. The summed E-state index contributed by atoms with van der Waals surface area (Å²) in [4.78, 5) is 87.1. The number of carbonyl (C=O) groups is 6. The van der Waals surface area contributed by atoms with Crippen molar-refractivity contribution in [2.75, 3.05) is 34.4 Å². The smallest absolute Gasteiger partial charge is 0.410 e. The van der Waals surface area contributed by atoms with Gasteiger partial charge in [0.2, 0.25) is 17.7 Å². The number of likely N-dealkylation sites (tertiary alicyclic amines) is 1. The van der Waals surface area contributed by atoms with Gasteiger partial charge in [0.25, 0.3) is 0 Å². The Hall–Kier alpha value is -4.04. The van der Waals surface area contributed by atoms with Crippen molar-refractivity contribution in [3.8, 4) is 0 Å². The maximum atomic E-state index is 14.5. The highest BCUT2D eigenvalue weighted by molar-refractivity contribution is 5.92. The molecule has 0 aromatic heterocycles. The molecule has 1 saturated heterocycles. The lowest BCUT2D eigenvalue weighted by Gasteiger charge is -2.42. The van der Waals surface area contributed by atoms with Gasteiger partial charge in [-0.15, -0.1) is 0 Å². The number of nitrogens with one attached hydrogen (secondary N) is 2. The van der Waals surface area contributed by atoms with Crippen molar-refractivity contribution in [1.29, 1.82) is 0 Å². The van der Waals surface area contributed by atoms with Crippen molar-refractivity contribution < 1.29 is 47.7 Å². The summed E-state index contributed by atoms with van der Waals surface area (Å²) >= 11 is 0. The summed E-state index contributed by atoms with van der Waals surface area (Å²) in [7, 11) is 4.77. The van der Waals surface area contributed by atoms with Crippen molar-refractivity contribution in [2.24, 2.45) is 64.6 Å². The van der Waals surface area contributed by atoms with Gasteiger partial charge in [-0.05, 0) is 131 Å². The molecule has 1 aromatic carbocycles. The van der Waals surface area contributed by atoms with Gasteiger partial charge < -0.3 is 34.5 Å². The zero-order chi connectivity index (χ0) is 54.1. The lowest BCUT2D eigenvalue weighted by molar-refractivity contribution is -0.153. The van der Waals surface area contributed by atoms with E-state index in [4.69, 9.17) is 18.9 Å². The van der Waals surface area contributed by atoms with E-state index in [1.807, 2.05) is 76.8 Å². The number of rotatable bonds is 26. The van der Waals surface area contributed by atoms with E-state index in [0.717, 1.165) is 55.4 Å². The molecule has 4 amide bonds. The minimum atomic E-state index is -0.885. The van der Waals surface area contributed by atoms with Gasteiger partial charge in [0, 0.05) is 46.1 Å². The van der Waals surface area contributed by atoms with Crippen molar-refractivity contribution in [1.82, 2.24) is 20.4 Å². The second-order valence-electron chi connectivity index (χ2n) is 25.1. The number of fused-ring (bicyclic) bond motifs is 1. The fraction of sp³-hybridized carbons (Fsp3) is 0.797. The van der Waals surface area contributed by atoms with Crippen LogP contribution in [0.3, 0.4) is 0 Å². The van der Waals surface area contributed by atoms with Crippen LogP contribution in [-0.2, 0) is 49.3 Å². The Kier molecular flexibility index (Phi) is 21.4. The highest BCUT2D eigenvalue weighted by atomic mass is 16.6. The number of hydrogen-bond donors (Lipinski definition) is 2. The number of hydrogen-bond acceptors (Lipinski definition) is 10. The Labute approximate surface area is 439 Å². The maximum Gasteiger partial charge on any atom is 0.410 e. The van der Waals surface area contributed by atoms with Crippen molar-refractivity contribution in [2.45, 2.75) is 202 Å². The Balaban J connectivity index is 1.22. The van der Waals surface area contributed by atoms with Crippen LogP contribution in [0.1, 0.15) is 159 Å². The SMILES string of the molecule is CCC(C)C(CC(C)CC(=O)C(NC(=O)C(C(C)C)N(C)C(=O)OC(C)(C)C)C(C)C)C(CC(=O)N1CCCC1C(OC)C(C)C(=O)NC(Cc1ccccc1)C(=O)OCC12CC(C)CC3CC(C1)C3C2)OC. The monoisotopic (exact) mass is 1020 g/mol. The molecule has 0 spiro atoms. The average Bonchev–Trinajstić information content (AvgIpc) is 3.88. The Morgan fingerprint density at radius 1 is 0.849 bits per heavy atom. The van der Waals surface area contributed by atoms with Gasteiger partial charge in [-0.1, -0.05) is 99.1 Å². The molecular weight excluding hydrogens is 925 g/mol. The number of methoxy groups -OCH3 is 2. The zero-order valence-electron chi connectivity index (χ0n) is 47.5. The summed E-state index contributed by atoms with van der Waals surface area (Å²) in [6.45, 7) is 24.2. The van der Waals surface area contributed by atoms with Crippen LogP contribution in [0.4, 0.5) is 4.79 Å². The third-order valence-electron chi connectivity index (χ3n) is 17.3. The minimum Gasteiger partial charge on any atom is -0.464 e. The van der Waals surface area contributed by atoms with Gasteiger partial charge in [0.15, 0.2) is 5.78 Å².